The smallest absolute Gasteiger partial charge is 0.411 e. The number of ether oxygens (including phenoxy) is 3. The van der Waals surface area contributed by atoms with E-state index in [1.165, 1.54) is 14.2 Å². The maximum Gasteiger partial charge on any atom is 0.411 e. The van der Waals surface area contributed by atoms with Gasteiger partial charge in [-0.15, -0.1) is 0 Å². The number of carbonyl (C=O) groups is 3. The highest BCUT2D eigenvalue weighted by molar-refractivity contribution is 6.13. The SMILES string of the molecule is COC(=O)Nc1cc(C(C)(C)C)cc(NC(=O)Nc2ccc(C(=O)N3C[C@@H]4C[C@H]3CO4)c3ccccc23)c1OC. The van der Waals surface area contributed by atoms with Gasteiger partial charge in [-0.25, -0.2) is 9.59 Å². The summed E-state index contributed by atoms with van der Waals surface area (Å²) in [5, 5.41) is 9.94. The second kappa shape index (κ2) is 10.7. The average Bonchev–Trinajstić information content (AvgIpc) is 3.56. The van der Waals surface area contributed by atoms with Gasteiger partial charge in [0.15, 0.2) is 5.75 Å². The normalized spacial score (nSPS) is 18.0. The van der Waals surface area contributed by atoms with Crippen LogP contribution in [-0.2, 0) is 14.9 Å². The fourth-order valence-corrected chi connectivity index (χ4v) is 5.30. The second-order valence-corrected chi connectivity index (χ2v) is 11.1. The Morgan fingerprint density at radius 1 is 0.925 bits per heavy atom. The molecule has 0 aromatic heterocycles. The lowest BCUT2D eigenvalue weighted by Gasteiger charge is -2.27. The Hall–Kier alpha value is -4.31. The van der Waals surface area contributed by atoms with E-state index in [0.29, 0.717) is 35.8 Å². The Labute approximate surface area is 233 Å². The monoisotopic (exact) mass is 546 g/mol. The number of urea groups is 1. The van der Waals surface area contributed by atoms with Gasteiger partial charge in [-0.3, -0.25) is 10.1 Å². The molecule has 3 aromatic rings. The summed E-state index contributed by atoms with van der Waals surface area (Å²) in [4.78, 5) is 40.6. The number of anilines is 3. The van der Waals surface area contributed by atoms with Gasteiger partial charge < -0.3 is 29.7 Å². The minimum absolute atomic E-state index is 0.0302. The van der Waals surface area contributed by atoms with Gasteiger partial charge in [0.25, 0.3) is 5.91 Å². The van der Waals surface area contributed by atoms with Crippen molar-refractivity contribution < 1.29 is 28.6 Å². The Bertz CT molecular complexity index is 1480. The highest BCUT2D eigenvalue weighted by atomic mass is 16.5. The number of nitrogens with one attached hydrogen (secondary N) is 3. The number of hydrogen-bond donors (Lipinski definition) is 3. The molecule has 0 radical (unpaired) electrons. The summed E-state index contributed by atoms with van der Waals surface area (Å²) in [5.74, 6) is 0.251. The molecule has 5 rings (SSSR count). The predicted molar refractivity (Wildman–Crippen MR) is 153 cm³/mol. The van der Waals surface area contributed by atoms with Gasteiger partial charge in [0, 0.05) is 17.5 Å². The number of rotatable bonds is 5. The van der Waals surface area contributed by atoms with Gasteiger partial charge in [0.05, 0.1) is 50.0 Å². The van der Waals surface area contributed by atoms with E-state index in [-0.39, 0.29) is 29.2 Å². The van der Waals surface area contributed by atoms with Crippen LogP contribution in [0.5, 0.6) is 5.75 Å². The van der Waals surface area contributed by atoms with Crippen LogP contribution in [0.3, 0.4) is 0 Å². The third-order valence-electron chi connectivity index (χ3n) is 7.39. The topological polar surface area (TPSA) is 118 Å². The molecule has 4 amide bonds. The molecule has 2 atom stereocenters. The minimum atomic E-state index is -0.657. The van der Waals surface area contributed by atoms with Crippen LogP contribution in [0, 0.1) is 0 Å². The quantitative estimate of drug-likeness (QED) is 0.384. The van der Waals surface area contributed by atoms with Crippen LogP contribution in [0.15, 0.2) is 48.5 Å². The Morgan fingerprint density at radius 3 is 2.20 bits per heavy atom. The fraction of sp³-hybridized carbons (Fsp3) is 0.367. The molecule has 3 aromatic carbocycles. The maximum absolute atomic E-state index is 13.5. The Morgan fingerprint density at radius 2 is 1.60 bits per heavy atom. The van der Waals surface area contributed by atoms with Crippen LogP contribution < -0.4 is 20.7 Å². The van der Waals surface area contributed by atoms with Crippen molar-refractivity contribution in [1.82, 2.24) is 4.90 Å². The van der Waals surface area contributed by atoms with Gasteiger partial charge in [-0.1, -0.05) is 45.0 Å². The molecular formula is C30H34N4O6. The van der Waals surface area contributed by atoms with E-state index in [9.17, 15) is 14.4 Å². The van der Waals surface area contributed by atoms with Crippen molar-refractivity contribution in [3.63, 3.8) is 0 Å². The zero-order chi connectivity index (χ0) is 28.6. The van der Waals surface area contributed by atoms with Gasteiger partial charge in [-0.2, -0.15) is 0 Å². The van der Waals surface area contributed by atoms with Crippen molar-refractivity contribution in [2.24, 2.45) is 0 Å². The summed E-state index contributed by atoms with van der Waals surface area (Å²) in [5.41, 5.74) is 2.46. The second-order valence-electron chi connectivity index (χ2n) is 11.1. The lowest BCUT2D eigenvalue weighted by Crippen LogP contribution is -2.41. The molecule has 3 N–H and O–H groups in total. The molecule has 2 heterocycles. The number of amides is 4. The molecule has 40 heavy (non-hydrogen) atoms. The number of nitrogens with zero attached hydrogens (tertiary/aromatic N) is 1. The van der Waals surface area contributed by atoms with Crippen molar-refractivity contribution in [1.29, 1.82) is 0 Å². The largest absolute Gasteiger partial charge is 0.492 e. The van der Waals surface area contributed by atoms with E-state index in [1.54, 1.807) is 18.2 Å². The van der Waals surface area contributed by atoms with E-state index in [1.807, 2.05) is 56.0 Å². The van der Waals surface area contributed by atoms with Crippen molar-refractivity contribution in [3.05, 3.63) is 59.7 Å². The van der Waals surface area contributed by atoms with Crippen LogP contribution in [0.2, 0.25) is 0 Å². The molecule has 10 heteroatoms. The van der Waals surface area contributed by atoms with E-state index < -0.39 is 12.1 Å². The molecule has 210 valence electrons. The molecule has 0 saturated carbocycles. The zero-order valence-electron chi connectivity index (χ0n) is 23.3. The number of fused-ring (bicyclic) bond motifs is 3. The molecule has 2 fully saturated rings. The highest BCUT2D eigenvalue weighted by Gasteiger charge is 2.42. The lowest BCUT2D eigenvalue weighted by atomic mass is 9.86. The molecule has 0 aliphatic carbocycles. The molecule has 0 unspecified atom stereocenters. The summed E-state index contributed by atoms with van der Waals surface area (Å²) in [7, 11) is 2.73. The van der Waals surface area contributed by atoms with Crippen LogP contribution in [-0.4, -0.2) is 62.4 Å². The lowest BCUT2D eigenvalue weighted by molar-refractivity contribution is 0.0260. The summed E-state index contributed by atoms with van der Waals surface area (Å²) in [6.07, 6.45) is 0.331. The molecule has 2 saturated heterocycles. The molecule has 10 nitrogen and oxygen atoms in total. The van der Waals surface area contributed by atoms with Crippen molar-refractivity contribution in [2.75, 3.05) is 43.3 Å². The average molecular weight is 547 g/mol. The van der Waals surface area contributed by atoms with Gasteiger partial charge >= 0.3 is 12.1 Å². The summed E-state index contributed by atoms with van der Waals surface area (Å²) in [6.45, 7) is 7.25. The van der Waals surface area contributed by atoms with E-state index in [2.05, 4.69) is 16.0 Å². The standard InChI is InChI=1S/C30H34N4O6/c1-30(2,3)17-12-24(26(38-4)25(13-17)33-29(37)39-5)32-28(36)31-23-11-10-22(20-8-6-7-9-21(20)23)27(35)34-15-19-14-18(34)16-40-19/h6-13,18-19H,14-16H2,1-5H3,(H,33,37)(H2,31,32,36)/t18-,19-/m0/s1. The van der Waals surface area contributed by atoms with Gasteiger partial charge in [-0.05, 0) is 47.1 Å². The third-order valence-corrected chi connectivity index (χ3v) is 7.39. The first kappa shape index (κ1) is 27.3. The summed E-state index contributed by atoms with van der Waals surface area (Å²) in [6, 6.07) is 14.2. The highest BCUT2D eigenvalue weighted by Crippen LogP contribution is 2.39. The number of methoxy groups -OCH3 is 2. The number of benzene rings is 3. The van der Waals surface area contributed by atoms with E-state index in [0.717, 1.165) is 22.8 Å². The zero-order valence-corrected chi connectivity index (χ0v) is 23.3. The summed E-state index contributed by atoms with van der Waals surface area (Å²) >= 11 is 0. The number of morpholine rings is 1. The molecule has 2 aliphatic rings. The molecular weight excluding hydrogens is 512 g/mol. The van der Waals surface area contributed by atoms with Crippen molar-refractivity contribution >= 4 is 45.9 Å². The van der Waals surface area contributed by atoms with E-state index >= 15 is 0 Å². The first-order chi connectivity index (χ1) is 19.1. The third kappa shape index (κ3) is 5.27. The van der Waals surface area contributed by atoms with Crippen LogP contribution in [0.25, 0.3) is 10.8 Å². The Balaban J connectivity index is 1.43. The van der Waals surface area contributed by atoms with E-state index in [4.69, 9.17) is 14.2 Å². The van der Waals surface area contributed by atoms with Crippen LogP contribution in [0.4, 0.5) is 26.7 Å². The fourth-order valence-electron chi connectivity index (χ4n) is 5.30. The number of hydrogen-bond acceptors (Lipinski definition) is 6. The summed E-state index contributed by atoms with van der Waals surface area (Å²) < 4.78 is 16.0. The molecule has 0 spiro atoms. The first-order valence-electron chi connectivity index (χ1n) is 13.2. The van der Waals surface area contributed by atoms with Crippen molar-refractivity contribution in [2.45, 2.75) is 44.8 Å². The van der Waals surface area contributed by atoms with Gasteiger partial charge in [0.2, 0.25) is 0 Å². The first-order valence-corrected chi connectivity index (χ1v) is 13.2. The Kier molecular flexibility index (Phi) is 7.29. The molecule has 2 bridgehead atoms. The molecule has 2 aliphatic heterocycles. The maximum atomic E-state index is 13.5. The number of carbonyl (C=O) groups excluding carboxylic acids is 3. The predicted octanol–water partition coefficient (Wildman–Crippen LogP) is 5.58. The van der Waals surface area contributed by atoms with Gasteiger partial charge in [0.1, 0.15) is 0 Å². The van der Waals surface area contributed by atoms with Crippen molar-refractivity contribution in [3.8, 4) is 5.75 Å². The van der Waals surface area contributed by atoms with Crippen LogP contribution in [0.1, 0.15) is 43.1 Å². The van der Waals surface area contributed by atoms with Crippen LogP contribution >= 0.6 is 0 Å². The minimum Gasteiger partial charge on any atom is -0.492 e. The number of likely N-dealkylation sites (tertiary alicyclic amines) is 1.